The number of hydrogen-bond donors (Lipinski definition) is 2. The molecular weight excluding hydrogens is 328 g/mol. The largest absolute Gasteiger partial charge is 0.332 e. The van der Waals surface area contributed by atoms with Crippen LogP contribution < -0.4 is 10.6 Å². The first-order valence-electron chi connectivity index (χ1n) is 9.55. The van der Waals surface area contributed by atoms with E-state index >= 15 is 0 Å². The van der Waals surface area contributed by atoms with Crippen LogP contribution in [0.25, 0.3) is 0 Å². The van der Waals surface area contributed by atoms with Crippen LogP contribution in [0.4, 0.5) is 5.69 Å². The molecule has 2 N–H and O–H groups in total. The van der Waals surface area contributed by atoms with Crippen LogP contribution >= 0.6 is 12.2 Å². The van der Waals surface area contributed by atoms with Gasteiger partial charge in [0.25, 0.3) is 0 Å². The molecule has 134 valence electrons. The van der Waals surface area contributed by atoms with Gasteiger partial charge in [0.15, 0.2) is 5.11 Å². The number of carbonyl (C=O) groups excluding carboxylic acids is 1. The Morgan fingerprint density at radius 3 is 1.96 bits per heavy atom. The Morgan fingerprint density at radius 2 is 1.48 bits per heavy atom. The van der Waals surface area contributed by atoms with Crippen LogP contribution in [0.3, 0.4) is 0 Å². The van der Waals surface area contributed by atoms with Crippen molar-refractivity contribution in [1.82, 2.24) is 5.32 Å². The molecule has 0 atom stereocenters. The Kier molecular flexibility index (Phi) is 4.14. The molecule has 5 rings (SSSR count). The van der Waals surface area contributed by atoms with Gasteiger partial charge in [-0.05, 0) is 100 Å². The van der Waals surface area contributed by atoms with Crippen molar-refractivity contribution in [2.75, 3.05) is 5.32 Å². The number of carbonyl (C=O) groups is 1. The van der Waals surface area contributed by atoms with Crippen molar-refractivity contribution in [2.45, 2.75) is 59.3 Å². The zero-order valence-corrected chi connectivity index (χ0v) is 16.3. The maximum atomic E-state index is 13.1. The Balaban J connectivity index is 1.46. The number of rotatable bonds is 2. The lowest BCUT2D eigenvalue weighted by Gasteiger charge is -2.55. The van der Waals surface area contributed by atoms with E-state index in [9.17, 15) is 4.79 Å². The van der Waals surface area contributed by atoms with Crippen molar-refractivity contribution < 1.29 is 4.79 Å². The molecule has 1 aromatic rings. The molecule has 4 saturated carbocycles. The third-order valence-corrected chi connectivity index (χ3v) is 6.87. The molecule has 0 spiro atoms. The summed E-state index contributed by atoms with van der Waals surface area (Å²) < 4.78 is 0. The highest BCUT2D eigenvalue weighted by atomic mass is 32.1. The van der Waals surface area contributed by atoms with Gasteiger partial charge in [0, 0.05) is 5.69 Å². The fraction of sp³-hybridized carbons (Fsp3) is 0.619. The molecule has 0 radical (unpaired) electrons. The molecule has 4 fully saturated rings. The van der Waals surface area contributed by atoms with Crippen molar-refractivity contribution in [3.63, 3.8) is 0 Å². The second kappa shape index (κ2) is 6.08. The monoisotopic (exact) mass is 356 g/mol. The summed E-state index contributed by atoms with van der Waals surface area (Å²) in [7, 11) is 0. The van der Waals surface area contributed by atoms with Gasteiger partial charge < -0.3 is 10.6 Å². The summed E-state index contributed by atoms with van der Waals surface area (Å²) in [6, 6.07) is 4.28. The number of benzene rings is 1. The van der Waals surface area contributed by atoms with E-state index in [1.807, 2.05) is 0 Å². The summed E-state index contributed by atoms with van der Waals surface area (Å²) in [6.45, 7) is 6.24. The minimum absolute atomic E-state index is 0.155. The molecule has 0 heterocycles. The molecule has 25 heavy (non-hydrogen) atoms. The maximum absolute atomic E-state index is 13.1. The highest BCUT2D eigenvalue weighted by molar-refractivity contribution is 7.80. The van der Waals surface area contributed by atoms with E-state index in [0.717, 1.165) is 53.8 Å². The van der Waals surface area contributed by atoms with Gasteiger partial charge in [-0.3, -0.25) is 4.79 Å². The number of thiocarbonyl (C=S) groups is 1. The van der Waals surface area contributed by atoms with Gasteiger partial charge in [-0.2, -0.15) is 0 Å². The highest BCUT2D eigenvalue weighted by Gasteiger charge is 2.54. The molecule has 0 unspecified atom stereocenters. The SMILES string of the molecule is Cc1cc(C)c(NC(=S)NC(=O)C23CC4CC(CC(C4)C2)C3)c(C)c1. The van der Waals surface area contributed by atoms with Crippen molar-refractivity contribution in [2.24, 2.45) is 23.2 Å². The topological polar surface area (TPSA) is 41.1 Å². The van der Waals surface area contributed by atoms with E-state index in [4.69, 9.17) is 12.2 Å². The lowest BCUT2D eigenvalue weighted by Crippen LogP contribution is -2.55. The summed E-state index contributed by atoms with van der Waals surface area (Å²) in [5.74, 6) is 2.45. The summed E-state index contributed by atoms with van der Waals surface area (Å²) in [5, 5.41) is 6.74. The van der Waals surface area contributed by atoms with Crippen LogP contribution in [0.15, 0.2) is 12.1 Å². The minimum Gasteiger partial charge on any atom is -0.332 e. The number of hydrogen-bond acceptors (Lipinski definition) is 2. The number of anilines is 1. The molecule has 4 aliphatic rings. The molecule has 4 aliphatic carbocycles. The van der Waals surface area contributed by atoms with E-state index in [1.165, 1.54) is 24.8 Å². The van der Waals surface area contributed by atoms with Crippen LogP contribution in [0.2, 0.25) is 0 Å². The fourth-order valence-corrected chi connectivity index (χ4v) is 6.34. The van der Waals surface area contributed by atoms with Crippen molar-refractivity contribution in [3.05, 3.63) is 28.8 Å². The lowest BCUT2D eigenvalue weighted by atomic mass is 9.49. The smallest absolute Gasteiger partial charge is 0.232 e. The zero-order valence-electron chi connectivity index (χ0n) is 15.4. The van der Waals surface area contributed by atoms with Crippen LogP contribution in [-0.2, 0) is 4.79 Å². The van der Waals surface area contributed by atoms with Gasteiger partial charge >= 0.3 is 0 Å². The maximum Gasteiger partial charge on any atom is 0.232 e. The Morgan fingerprint density at radius 1 is 1.00 bits per heavy atom. The predicted octanol–water partition coefficient (Wildman–Crippen LogP) is 4.64. The van der Waals surface area contributed by atoms with E-state index in [2.05, 4.69) is 43.5 Å². The molecule has 3 nitrogen and oxygen atoms in total. The van der Waals surface area contributed by atoms with Crippen molar-refractivity contribution in [3.8, 4) is 0 Å². The van der Waals surface area contributed by atoms with Crippen LogP contribution in [0.1, 0.15) is 55.2 Å². The normalized spacial score (nSPS) is 32.5. The first-order chi connectivity index (χ1) is 11.8. The van der Waals surface area contributed by atoms with Crippen molar-refractivity contribution >= 4 is 28.9 Å². The van der Waals surface area contributed by atoms with E-state index in [-0.39, 0.29) is 11.3 Å². The first kappa shape index (κ1) is 17.0. The van der Waals surface area contributed by atoms with E-state index < -0.39 is 0 Å². The molecule has 0 aromatic heterocycles. The summed E-state index contributed by atoms with van der Waals surface area (Å²) >= 11 is 5.48. The average Bonchev–Trinajstić information content (AvgIpc) is 2.49. The third kappa shape index (κ3) is 3.10. The zero-order chi connectivity index (χ0) is 17.8. The van der Waals surface area contributed by atoms with E-state index in [1.54, 1.807) is 0 Å². The Hall–Kier alpha value is -1.42. The fourth-order valence-electron chi connectivity index (χ4n) is 6.15. The summed E-state index contributed by atoms with van der Waals surface area (Å²) in [5.41, 5.74) is 4.41. The van der Waals surface area contributed by atoms with Crippen LogP contribution in [0, 0.1) is 43.9 Å². The van der Waals surface area contributed by atoms with Gasteiger partial charge in [-0.25, -0.2) is 0 Å². The summed E-state index contributed by atoms with van der Waals surface area (Å²) in [4.78, 5) is 13.1. The summed E-state index contributed by atoms with van der Waals surface area (Å²) in [6.07, 6.45) is 7.23. The van der Waals surface area contributed by atoms with Crippen LogP contribution in [-0.4, -0.2) is 11.0 Å². The van der Waals surface area contributed by atoms with Gasteiger partial charge in [-0.15, -0.1) is 0 Å². The standard InChI is InChI=1S/C21H28N2OS/c1-12-4-13(2)18(14(3)5-12)22-20(25)23-19(24)21-9-15-6-16(10-21)8-17(7-15)11-21/h4-5,15-17H,6-11H2,1-3H3,(H2,22,23,24,25). The molecule has 0 aliphatic heterocycles. The quantitative estimate of drug-likeness (QED) is 0.759. The second-order valence-corrected chi connectivity index (χ2v) is 9.29. The van der Waals surface area contributed by atoms with Gasteiger partial charge in [0.2, 0.25) is 5.91 Å². The Bertz CT molecular complexity index is 681. The molecule has 1 aromatic carbocycles. The van der Waals surface area contributed by atoms with Gasteiger partial charge in [0.1, 0.15) is 0 Å². The Labute approximate surface area is 156 Å². The molecule has 1 amide bonds. The number of nitrogens with one attached hydrogen (secondary N) is 2. The average molecular weight is 357 g/mol. The first-order valence-corrected chi connectivity index (χ1v) is 9.96. The second-order valence-electron chi connectivity index (χ2n) is 8.88. The minimum atomic E-state index is -0.155. The third-order valence-electron chi connectivity index (χ3n) is 6.66. The van der Waals surface area contributed by atoms with Gasteiger partial charge in [0.05, 0.1) is 5.41 Å². The molecule has 4 heteroatoms. The predicted molar refractivity (Wildman–Crippen MR) is 106 cm³/mol. The molecular formula is C21H28N2OS. The highest BCUT2D eigenvalue weighted by Crippen LogP contribution is 2.60. The van der Waals surface area contributed by atoms with Gasteiger partial charge in [-0.1, -0.05) is 17.7 Å². The van der Waals surface area contributed by atoms with Crippen molar-refractivity contribution in [1.29, 1.82) is 0 Å². The molecule has 0 saturated heterocycles. The van der Waals surface area contributed by atoms with E-state index in [0.29, 0.717) is 5.11 Å². The number of aryl methyl sites for hydroxylation is 3. The number of amides is 1. The van der Waals surface area contributed by atoms with Crippen LogP contribution in [0.5, 0.6) is 0 Å². The molecule has 4 bridgehead atoms. The lowest BCUT2D eigenvalue weighted by molar-refractivity contribution is -0.144.